The molecule has 0 aromatic heterocycles. The second kappa shape index (κ2) is 49.0. The quantitative estimate of drug-likeness (QED) is 0.0256. The number of unbranched alkanes of at least 4 members (excludes halogenated alkanes) is 40. The highest BCUT2D eigenvalue weighted by Crippen LogP contribution is 2.38. The topological polar surface area (TPSA) is 111 Å². The van der Waals surface area contributed by atoms with Crippen molar-refractivity contribution in [1.82, 2.24) is 0 Å². The van der Waals surface area contributed by atoms with Gasteiger partial charge in [0.25, 0.3) is 7.82 Å². The first kappa shape index (κ1) is 65.0. The van der Waals surface area contributed by atoms with Crippen molar-refractivity contribution in [2.45, 2.75) is 302 Å². The molecule has 0 heterocycles. The Morgan fingerprint density at radius 2 is 0.682 bits per heavy atom. The van der Waals surface area contributed by atoms with Crippen LogP contribution in [0.2, 0.25) is 0 Å². The zero-order chi connectivity index (χ0) is 48.5. The van der Waals surface area contributed by atoms with Crippen LogP contribution < -0.4 is 4.89 Å². The Morgan fingerprint density at radius 3 is 0.970 bits per heavy atom. The lowest BCUT2D eigenvalue weighted by atomic mass is 10.0. The summed E-state index contributed by atoms with van der Waals surface area (Å²) in [5, 5.41) is 0. The molecule has 66 heavy (non-hydrogen) atoms. The van der Waals surface area contributed by atoms with Gasteiger partial charge in [0.2, 0.25) is 0 Å². The van der Waals surface area contributed by atoms with Crippen LogP contribution in [-0.2, 0) is 32.7 Å². The van der Waals surface area contributed by atoms with E-state index in [-0.39, 0.29) is 32.0 Å². The first-order valence-corrected chi connectivity index (χ1v) is 30.2. The molecule has 0 radical (unpaired) electrons. The predicted octanol–water partition coefficient (Wildman–Crippen LogP) is 16.9. The number of nitrogens with zero attached hydrogens (tertiary/aromatic N) is 1. The molecule has 0 aliphatic rings. The van der Waals surface area contributed by atoms with E-state index in [2.05, 4.69) is 13.8 Å². The first-order chi connectivity index (χ1) is 32.0. The first-order valence-electron chi connectivity index (χ1n) is 28.7. The summed E-state index contributed by atoms with van der Waals surface area (Å²) in [5.74, 6) is -0.813. The largest absolute Gasteiger partial charge is 0.756 e. The van der Waals surface area contributed by atoms with Gasteiger partial charge in [-0.2, -0.15) is 0 Å². The fourth-order valence-corrected chi connectivity index (χ4v) is 9.39. The van der Waals surface area contributed by atoms with Gasteiger partial charge >= 0.3 is 11.9 Å². The van der Waals surface area contributed by atoms with Crippen LogP contribution in [0.4, 0.5) is 0 Å². The number of esters is 2. The van der Waals surface area contributed by atoms with Crippen LogP contribution in [0.3, 0.4) is 0 Å². The van der Waals surface area contributed by atoms with Gasteiger partial charge in [0, 0.05) is 12.8 Å². The van der Waals surface area contributed by atoms with Crippen molar-refractivity contribution in [1.29, 1.82) is 0 Å². The normalized spacial score (nSPS) is 13.2. The summed E-state index contributed by atoms with van der Waals surface area (Å²) in [6, 6.07) is 0. The number of ether oxygens (including phenoxy) is 2. The molecule has 0 aliphatic carbocycles. The Balaban J connectivity index is 4.00. The van der Waals surface area contributed by atoms with Crippen LogP contribution in [0.1, 0.15) is 296 Å². The van der Waals surface area contributed by atoms with Crippen molar-refractivity contribution < 1.29 is 42.1 Å². The van der Waals surface area contributed by atoms with Crippen LogP contribution in [0, 0.1) is 0 Å². The van der Waals surface area contributed by atoms with E-state index in [1.54, 1.807) is 0 Å². The van der Waals surface area contributed by atoms with E-state index in [1.807, 2.05) is 21.1 Å². The summed E-state index contributed by atoms with van der Waals surface area (Å²) in [4.78, 5) is 37.7. The molecule has 394 valence electrons. The summed E-state index contributed by atoms with van der Waals surface area (Å²) in [7, 11) is 1.19. The molecule has 0 bridgehead atoms. The maximum absolute atomic E-state index is 12.8. The SMILES string of the molecule is CCCCCCCCCCCCCCCCCCCCCCCCCCCCCCCC(=O)OC(COC(=O)CCCCCCCCCCCCCCC)COP(=O)([O-])OCC[N+](C)(C)C. The number of carbonyl (C=O) groups excluding carboxylic acids is 2. The smallest absolute Gasteiger partial charge is 0.306 e. The van der Waals surface area contributed by atoms with Crippen molar-refractivity contribution in [2.75, 3.05) is 47.5 Å². The molecule has 9 nitrogen and oxygen atoms in total. The van der Waals surface area contributed by atoms with Gasteiger partial charge in [-0.05, 0) is 12.8 Å². The van der Waals surface area contributed by atoms with Gasteiger partial charge in [-0.15, -0.1) is 0 Å². The third kappa shape index (κ3) is 52.4. The summed E-state index contributed by atoms with van der Waals surface area (Å²) in [6.07, 6.45) is 54.5. The Labute approximate surface area is 410 Å². The van der Waals surface area contributed by atoms with E-state index in [0.29, 0.717) is 17.4 Å². The van der Waals surface area contributed by atoms with Gasteiger partial charge in [-0.25, -0.2) is 0 Å². The lowest BCUT2D eigenvalue weighted by Gasteiger charge is -2.28. The van der Waals surface area contributed by atoms with Crippen LogP contribution in [0.25, 0.3) is 0 Å². The fraction of sp³-hybridized carbons (Fsp3) is 0.964. The van der Waals surface area contributed by atoms with Gasteiger partial charge in [0.15, 0.2) is 6.10 Å². The van der Waals surface area contributed by atoms with Gasteiger partial charge in [-0.3, -0.25) is 14.2 Å². The number of quaternary nitrogens is 1. The minimum absolute atomic E-state index is 0.0253. The maximum Gasteiger partial charge on any atom is 0.306 e. The molecule has 0 saturated heterocycles. The van der Waals surface area contributed by atoms with Crippen molar-refractivity contribution >= 4 is 19.8 Å². The van der Waals surface area contributed by atoms with Crippen LogP contribution in [0.15, 0.2) is 0 Å². The monoisotopic (exact) mass is 958 g/mol. The van der Waals surface area contributed by atoms with E-state index in [9.17, 15) is 19.0 Å². The summed E-state index contributed by atoms with van der Waals surface area (Å²) in [6.45, 7) is 4.29. The van der Waals surface area contributed by atoms with Crippen LogP contribution in [-0.4, -0.2) is 70.0 Å². The minimum atomic E-state index is -4.62. The van der Waals surface area contributed by atoms with Gasteiger partial charge in [0.1, 0.15) is 19.8 Å². The van der Waals surface area contributed by atoms with E-state index >= 15 is 0 Å². The number of phosphoric ester groups is 1. The molecular weight excluding hydrogens is 846 g/mol. The van der Waals surface area contributed by atoms with E-state index < -0.39 is 26.5 Å². The molecule has 0 rings (SSSR count). The average molecular weight is 958 g/mol. The number of carbonyl (C=O) groups is 2. The Morgan fingerprint density at radius 1 is 0.409 bits per heavy atom. The summed E-state index contributed by atoms with van der Waals surface area (Å²) in [5.41, 5.74) is 0. The number of hydrogen-bond donors (Lipinski definition) is 0. The van der Waals surface area contributed by atoms with Crippen molar-refractivity contribution in [3.05, 3.63) is 0 Å². The highest BCUT2D eigenvalue weighted by Gasteiger charge is 2.22. The second-order valence-corrected chi connectivity index (χ2v) is 22.4. The molecule has 0 fully saturated rings. The Bertz CT molecular complexity index is 1080. The van der Waals surface area contributed by atoms with Crippen LogP contribution >= 0.6 is 7.82 Å². The molecular formula is C56H112NO8P. The molecule has 2 atom stereocenters. The third-order valence-corrected chi connectivity index (χ3v) is 14.1. The molecule has 10 heteroatoms. The van der Waals surface area contributed by atoms with Gasteiger partial charge in [0.05, 0.1) is 27.7 Å². The predicted molar refractivity (Wildman–Crippen MR) is 278 cm³/mol. The maximum atomic E-state index is 12.8. The molecule has 0 aromatic carbocycles. The lowest BCUT2D eigenvalue weighted by molar-refractivity contribution is -0.870. The highest BCUT2D eigenvalue weighted by atomic mass is 31.2. The van der Waals surface area contributed by atoms with Gasteiger partial charge in [-0.1, -0.05) is 271 Å². The highest BCUT2D eigenvalue weighted by molar-refractivity contribution is 7.45. The van der Waals surface area contributed by atoms with Crippen LogP contribution in [0.5, 0.6) is 0 Å². The fourth-order valence-electron chi connectivity index (χ4n) is 8.66. The van der Waals surface area contributed by atoms with E-state index in [0.717, 1.165) is 32.1 Å². The number of rotatable bonds is 54. The molecule has 0 saturated carbocycles. The Hall–Kier alpha value is -0.990. The van der Waals surface area contributed by atoms with Crippen molar-refractivity contribution in [3.63, 3.8) is 0 Å². The summed E-state index contributed by atoms with van der Waals surface area (Å²) >= 11 is 0. The molecule has 2 unspecified atom stereocenters. The van der Waals surface area contributed by atoms with Gasteiger partial charge < -0.3 is 27.9 Å². The molecule has 0 aromatic rings. The molecule has 0 spiro atoms. The standard InChI is InChI=1S/C56H112NO8P/c1-6-8-10-12-14-16-18-20-21-22-23-24-25-26-27-28-29-30-31-32-33-34-35-37-39-41-43-45-47-49-56(59)65-54(53-64-66(60,61)63-51-50-57(3,4)5)52-62-55(58)48-46-44-42-40-38-36-19-17-15-13-11-9-7-2/h54H,6-53H2,1-5H3. The zero-order valence-corrected chi connectivity index (χ0v) is 45.6. The summed E-state index contributed by atoms with van der Waals surface area (Å²) < 4.78 is 34.1. The van der Waals surface area contributed by atoms with Crippen molar-refractivity contribution in [3.8, 4) is 0 Å². The van der Waals surface area contributed by atoms with Crippen molar-refractivity contribution in [2.24, 2.45) is 0 Å². The molecule has 0 amide bonds. The number of likely N-dealkylation sites (N-methyl/N-ethyl adjacent to an activating group) is 1. The average Bonchev–Trinajstić information content (AvgIpc) is 3.27. The number of phosphoric acid groups is 1. The third-order valence-electron chi connectivity index (χ3n) is 13.1. The molecule has 0 aliphatic heterocycles. The number of hydrogen-bond acceptors (Lipinski definition) is 8. The zero-order valence-electron chi connectivity index (χ0n) is 44.7. The minimum Gasteiger partial charge on any atom is -0.756 e. The Kier molecular flexibility index (Phi) is 48.3. The second-order valence-electron chi connectivity index (χ2n) is 21.0. The lowest BCUT2D eigenvalue weighted by Crippen LogP contribution is -2.37. The molecule has 0 N–H and O–H groups in total. The van der Waals surface area contributed by atoms with E-state index in [1.165, 1.54) is 231 Å². The van der Waals surface area contributed by atoms with E-state index in [4.69, 9.17) is 18.5 Å².